The van der Waals surface area contributed by atoms with Gasteiger partial charge in [0.25, 0.3) is 5.91 Å². The van der Waals surface area contributed by atoms with Crippen molar-refractivity contribution in [2.45, 2.75) is 38.0 Å². The van der Waals surface area contributed by atoms with Crippen LogP contribution >= 0.6 is 11.8 Å². The van der Waals surface area contributed by atoms with Crippen LogP contribution in [0.2, 0.25) is 0 Å². The quantitative estimate of drug-likeness (QED) is 0.692. The average molecular weight is 440 g/mol. The van der Waals surface area contributed by atoms with Crippen molar-refractivity contribution in [3.05, 3.63) is 65.7 Å². The lowest BCUT2D eigenvalue weighted by molar-refractivity contribution is -0.131. The second kappa shape index (κ2) is 11.0. The van der Waals surface area contributed by atoms with E-state index >= 15 is 0 Å². The molecule has 0 spiro atoms. The number of carbonyl (C=O) groups excluding carboxylic acids is 3. The zero-order valence-electron chi connectivity index (χ0n) is 18.0. The van der Waals surface area contributed by atoms with Gasteiger partial charge >= 0.3 is 0 Å². The van der Waals surface area contributed by atoms with Gasteiger partial charge in [0.2, 0.25) is 11.8 Å². The largest absolute Gasteiger partial charge is 0.349 e. The van der Waals surface area contributed by atoms with Gasteiger partial charge in [0.15, 0.2) is 0 Å². The molecule has 1 saturated heterocycles. The number of nitrogens with one attached hydrogen (secondary N) is 2. The molecule has 1 atom stereocenters. The van der Waals surface area contributed by atoms with Crippen LogP contribution < -0.4 is 10.6 Å². The lowest BCUT2D eigenvalue weighted by atomic mass is 10.0. The lowest BCUT2D eigenvalue weighted by Gasteiger charge is -2.33. The molecular formula is C24H29N3O3S. The molecule has 6 nitrogen and oxygen atoms in total. The number of benzene rings is 2. The third kappa shape index (κ3) is 6.85. The first kappa shape index (κ1) is 22.9. The molecule has 31 heavy (non-hydrogen) atoms. The molecule has 0 saturated carbocycles. The third-order valence-electron chi connectivity index (χ3n) is 5.33. The molecule has 0 aliphatic carbocycles. The summed E-state index contributed by atoms with van der Waals surface area (Å²) in [5, 5.41) is 5.62. The number of hydrogen-bond acceptors (Lipinski definition) is 4. The highest BCUT2D eigenvalue weighted by atomic mass is 32.2. The number of aryl methyl sites for hydroxylation is 1. The van der Waals surface area contributed by atoms with Crippen molar-refractivity contribution < 1.29 is 14.4 Å². The predicted molar refractivity (Wildman–Crippen MR) is 125 cm³/mol. The fourth-order valence-electron chi connectivity index (χ4n) is 3.47. The van der Waals surface area contributed by atoms with Gasteiger partial charge in [-0.1, -0.05) is 35.9 Å². The maximum absolute atomic E-state index is 12.7. The van der Waals surface area contributed by atoms with Crippen LogP contribution in [-0.2, 0) is 9.59 Å². The van der Waals surface area contributed by atoms with E-state index in [2.05, 4.69) is 10.6 Å². The molecule has 1 unspecified atom stereocenters. The number of likely N-dealkylation sites (tertiary alicyclic amines) is 1. The number of carbonyl (C=O) groups is 3. The Bertz CT molecular complexity index is 894. The van der Waals surface area contributed by atoms with Gasteiger partial charge in [-0.15, -0.1) is 11.8 Å². The predicted octanol–water partition coefficient (Wildman–Crippen LogP) is 3.48. The Morgan fingerprint density at radius 1 is 1.03 bits per heavy atom. The molecule has 1 fully saturated rings. The van der Waals surface area contributed by atoms with Gasteiger partial charge in [0, 0.05) is 30.4 Å². The van der Waals surface area contributed by atoms with Gasteiger partial charge < -0.3 is 15.5 Å². The Hall–Kier alpha value is -2.80. The number of rotatable bonds is 7. The van der Waals surface area contributed by atoms with E-state index < -0.39 is 0 Å². The number of piperidine rings is 1. The molecule has 2 N–H and O–H groups in total. The van der Waals surface area contributed by atoms with Crippen molar-refractivity contribution in [2.24, 2.45) is 0 Å². The summed E-state index contributed by atoms with van der Waals surface area (Å²) < 4.78 is 0. The maximum atomic E-state index is 12.7. The number of hydrogen-bond donors (Lipinski definition) is 2. The standard InChI is InChI=1S/C24H29N3O3S/c1-17-8-10-20(11-9-17)25-22(28)16-31-18(2)24(30)27-14-12-21(13-15-27)26-23(29)19-6-4-3-5-7-19/h3-11,18,21H,12-16H2,1-2H3,(H,25,28)(H,26,29). The Morgan fingerprint density at radius 3 is 2.32 bits per heavy atom. The van der Waals surface area contributed by atoms with Crippen LogP contribution in [-0.4, -0.2) is 52.8 Å². The topological polar surface area (TPSA) is 78.5 Å². The minimum Gasteiger partial charge on any atom is -0.349 e. The Labute approximate surface area is 187 Å². The first-order valence-corrected chi connectivity index (χ1v) is 11.6. The van der Waals surface area contributed by atoms with Gasteiger partial charge in [-0.05, 0) is 51.0 Å². The summed E-state index contributed by atoms with van der Waals surface area (Å²) in [6.07, 6.45) is 1.46. The van der Waals surface area contributed by atoms with Gasteiger partial charge in [-0.25, -0.2) is 0 Å². The summed E-state index contributed by atoms with van der Waals surface area (Å²) in [6.45, 7) is 5.06. The van der Waals surface area contributed by atoms with Crippen LogP contribution in [0.25, 0.3) is 0 Å². The van der Waals surface area contributed by atoms with Gasteiger partial charge in [-0.3, -0.25) is 14.4 Å². The first-order chi connectivity index (χ1) is 14.9. The second-order valence-corrected chi connectivity index (χ2v) is 9.14. The molecule has 0 bridgehead atoms. The number of thioether (sulfide) groups is 1. The molecule has 1 aliphatic heterocycles. The van der Waals surface area contributed by atoms with Crippen LogP contribution in [0.3, 0.4) is 0 Å². The van der Waals surface area contributed by atoms with E-state index in [1.807, 2.05) is 61.2 Å². The molecule has 2 aromatic rings. The molecular weight excluding hydrogens is 410 g/mol. The molecule has 2 aromatic carbocycles. The Morgan fingerprint density at radius 2 is 1.68 bits per heavy atom. The fourth-order valence-corrected chi connectivity index (χ4v) is 4.23. The molecule has 7 heteroatoms. The number of nitrogens with zero attached hydrogens (tertiary/aromatic N) is 1. The Kier molecular flexibility index (Phi) is 8.12. The minimum absolute atomic E-state index is 0.0426. The van der Waals surface area contributed by atoms with Crippen molar-refractivity contribution in [1.29, 1.82) is 0 Å². The molecule has 0 aromatic heterocycles. The zero-order valence-corrected chi connectivity index (χ0v) is 18.8. The molecule has 3 rings (SSSR count). The van der Waals surface area contributed by atoms with Crippen molar-refractivity contribution >= 4 is 35.2 Å². The summed E-state index contributed by atoms with van der Waals surface area (Å²) in [6, 6.07) is 16.9. The zero-order chi connectivity index (χ0) is 22.2. The average Bonchev–Trinajstić information content (AvgIpc) is 2.79. The minimum atomic E-state index is -0.292. The molecule has 1 heterocycles. The maximum Gasteiger partial charge on any atom is 0.251 e. The third-order valence-corrected chi connectivity index (χ3v) is 6.46. The highest BCUT2D eigenvalue weighted by molar-refractivity contribution is 8.01. The van der Waals surface area contributed by atoms with Gasteiger partial charge in [-0.2, -0.15) is 0 Å². The van der Waals surface area contributed by atoms with E-state index in [0.29, 0.717) is 18.7 Å². The van der Waals surface area contributed by atoms with E-state index in [0.717, 1.165) is 24.1 Å². The number of anilines is 1. The summed E-state index contributed by atoms with van der Waals surface area (Å²) in [5.41, 5.74) is 2.54. The van der Waals surface area contributed by atoms with E-state index in [1.165, 1.54) is 11.8 Å². The molecule has 1 aliphatic rings. The molecule has 3 amide bonds. The molecule has 0 radical (unpaired) electrons. The van der Waals surface area contributed by atoms with Crippen LogP contribution in [0, 0.1) is 6.92 Å². The fraction of sp³-hybridized carbons (Fsp3) is 0.375. The summed E-state index contributed by atoms with van der Waals surface area (Å²) in [4.78, 5) is 39.0. The monoisotopic (exact) mass is 439 g/mol. The summed E-state index contributed by atoms with van der Waals surface area (Å²) in [5.74, 6) is 0.0791. The smallest absolute Gasteiger partial charge is 0.251 e. The highest BCUT2D eigenvalue weighted by Crippen LogP contribution is 2.19. The van der Waals surface area contributed by atoms with Crippen LogP contribution in [0.1, 0.15) is 35.7 Å². The highest BCUT2D eigenvalue weighted by Gasteiger charge is 2.27. The number of amides is 3. The van der Waals surface area contributed by atoms with Crippen molar-refractivity contribution in [2.75, 3.05) is 24.2 Å². The van der Waals surface area contributed by atoms with Crippen molar-refractivity contribution in [3.63, 3.8) is 0 Å². The van der Waals surface area contributed by atoms with Crippen LogP contribution in [0.5, 0.6) is 0 Å². The van der Waals surface area contributed by atoms with Crippen LogP contribution in [0.4, 0.5) is 5.69 Å². The van der Waals surface area contributed by atoms with Crippen molar-refractivity contribution in [3.8, 4) is 0 Å². The van der Waals surface area contributed by atoms with Gasteiger partial charge in [0.1, 0.15) is 0 Å². The molecule has 164 valence electrons. The first-order valence-electron chi connectivity index (χ1n) is 10.5. The normalized spacial score (nSPS) is 15.2. The van der Waals surface area contributed by atoms with E-state index in [4.69, 9.17) is 0 Å². The summed E-state index contributed by atoms with van der Waals surface area (Å²) in [7, 11) is 0. The SMILES string of the molecule is Cc1ccc(NC(=O)CSC(C)C(=O)N2CCC(NC(=O)c3ccccc3)CC2)cc1. The summed E-state index contributed by atoms with van der Waals surface area (Å²) >= 11 is 1.34. The van der Waals surface area contributed by atoms with Crippen molar-refractivity contribution in [1.82, 2.24) is 10.2 Å². The van der Waals surface area contributed by atoms with Crippen LogP contribution in [0.15, 0.2) is 54.6 Å². The Balaban J connectivity index is 1.38. The lowest BCUT2D eigenvalue weighted by Crippen LogP contribution is -2.48. The van der Waals surface area contributed by atoms with E-state index in [-0.39, 0.29) is 34.8 Å². The van der Waals surface area contributed by atoms with E-state index in [9.17, 15) is 14.4 Å². The van der Waals surface area contributed by atoms with Gasteiger partial charge in [0.05, 0.1) is 11.0 Å². The second-order valence-electron chi connectivity index (χ2n) is 7.81. The van der Waals surface area contributed by atoms with E-state index in [1.54, 1.807) is 12.1 Å².